The first-order valence-electron chi connectivity index (χ1n) is 7.80. The molecule has 27 heavy (non-hydrogen) atoms. The largest absolute Gasteiger partial charge is 0.573 e. The number of carbonyl (C=O) groups excluding carboxylic acids is 1. The van der Waals surface area contributed by atoms with Crippen molar-refractivity contribution in [3.8, 4) is 5.75 Å². The Bertz CT molecular complexity index is 909. The number of benzene rings is 2. The first-order chi connectivity index (χ1) is 12.4. The quantitative estimate of drug-likeness (QED) is 0.744. The standard InChI is InChI=1S/C18H18F3NO4S/c1-22(11-15-5-3-4-6-16(15)26-18(19,20)21)17(23)14-9-7-13(8-10-14)12-27(2,24)25/h3-10H,11-12H2,1-2H3. The van der Waals surface area contributed by atoms with Crippen molar-refractivity contribution in [3.05, 3.63) is 65.2 Å². The third-order valence-electron chi connectivity index (χ3n) is 3.58. The number of rotatable bonds is 6. The van der Waals surface area contributed by atoms with Crippen LogP contribution in [0.15, 0.2) is 48.5 Å². The second-order valence-electron chi connectivity index (χ2n) is 6.08. The van der Waals surface area contributed by atoms with Crippen LogP contribution in [0.5, 0.6) is 5.75 Å². The summed E-state index contributed by atoms with van der Waals surface area (Å²) in [6, 6.07) is 11.6. The monoisotopic (exact) mass is 401 g/mol. The summed E-state index contributed by atoms with van der Waals surface area (Å²) in [5.74, 6) is -0.921. The molecule has 5 nitrogen and oxygen atoms in total. The van der Waals surface area contributed by atoms with E-state index in [4.69, 9.17) is 0 Å². The lowest BCUT2D eigenvalue weighted by molar-refractivity contribution is -0.275. The SMILES string of the molecule is CN(Cc1ccccc1OC(F)(F)F)C(=O)c1ccc(CS(C)(=O)=O)cc1. The van der Waals surface area contributed by atoms with E-state index >= 15 is 0 Å². The molecule has 0 saturated heterocycles. The molecule has 0 radical (unpaired) electrons. The van der Waals surface area contributed by atoms with Crippen molar-refractivity contribution >= 4 is 15.7 Å². The molecule has 0 aliphatic carbocycles. The summed E-state index contributed by atoms with van der Waals surface area (Å²) >= 11 is 0. The summed E-state index contributed by atoms with van der Waals surface area (Å²) in [5, 5.41) is 0. The number of alkyl halides is 3. The van der Waals surface area contributed by atoms with Gasteiger partial charge in [-0.25, -0.2) is 8.42 Å². The number of nitrogens with zero attached hydrogens (tertiary/aromatic N) is 1. The molecule has 0 heterocycles. The fourth-order valence-electron chi connectivity index (χ4n) is 2.45. The van der Waals surface area contributed by atoms with Gasteiger partial charge in [0.05, 0.1) is 5.75 Å². The number of sulfone groups is 1. The second kappa shape index (κ2) is 7.99. The minimum atomic E-state index is -4.83. The minimum absolute atomic E-state index is 0.0871. The highest BCUT2D eigenvalue weighted by Gasteiger charge is 2.32. The lowest BCUT2D eigenvalue weighted by atomic mass is 10.1. The van der Waals surface area contributed by atoms with E-state index < -0.39 is 22.1 Å². The zero-order valence-electron chi connectivity index (χ0n) is 14.7. The maximum atomic E-state index is 12.5. The third kappa shape index (κ3) is 6.59. The Kier molecular flexibility index (Phi) is 6.15. The molecule has 0 fully saturated rings. The Morgan fingerprint density at radius 2 is 1.67 bits per heavy atom. The van der Waals surface area contributed by atoms with Gasteiger partial charge in [-0.15, -0.1) is 13.2 Å². The van der Waals surface area contributed by atoms with Gasteiger partial charge in [-0.1, -0.05) is 30.3 Å². The van der Waals surface area contributed by atoms with E-state index in [1.165, 1.54) is 54.4 Å². The molecule has 0 aliphatic rings. The van der Waals surface area contributed by atoms with Crippen molar-refractivity contribution in [2.45, 2.75) is 18.7 Å². The summed E-state index contributed by atoms with van der Waals surface area (Å²) in [5.41, 5.74) is 1.05. The lowest BCUT2D eigenvalue weighted by Gasteiger charge is -2.20. The van der Waals surface area contributed by atoms with Crippen molar-refractivity contribution in [2.24, 2.45) is 0 Å². The highest BCUT2D eigenvalue weighted by molar-refractivity contribution is 7.89. The molecular formula is C18H18F3NO4S. The van der Waals surface area contributed by atoms with Gasteiger partial charge in [0.15, 0.2) is 9.84 Å². The van der Waals surface area contributed by atoms with Gasteiger partial charge < -0.3 is 9.64 Å². The zero-order chi connectivity index (χ0) is 20.2. The molecule has 2 rings (SSSR count). The van der Waals surface area contributed by atoms with Crippen LogP contribution >= 0.6 is 0 Å². The Morgan fingerprint density at radius 1 is 1.07 bits per heavy atom. The predicted molar refractivity (Wildman–Crippen MR) is 93.9 cm³/mol. The Morgan fingerprint density at radius 3 is 2.22 bits per heavy atom. The molecule has 0 aromatic heterocycles. The minimum Gasteiger partial charge on any atom is -0.405 e. The van der Waals surface area contributed by atoms with E-state index in [-0.39, 0.29) is 23.6 Å². The Labute approximate surface area is 155 Å². The van der Waals surface area contributed by atoms with E-state index in [2.05, 4.69) is 4.74 Å². The smallest absolute Gasteiger partial charge is 0.405 e. The molecule has 0 bridgehead atoms. The lowest BCUT2D eigenvalue weighted by Crippen LogP contribution is -2.27. The summed E-state index contributed by atoms with van der Waals surface area (Å²) < 4.78 is 64.1. The van der Waals surface area contributed by atoms with Crippen LogP contribution in [0.4, 0.5) is 13.2 Å². The summed E-state index contributed by atoms with van der Waals surface area (Å²) in [6.07, 6.45) is -3.71. The Hall–Kier alpha value is -2.55. The van der Waals surface area contributed by atoms with Crippen LogP contribution in [-0.4, -0.2) is 38.9 Å². The van der Waals surface area contributed by atoms with Gasteiger partial charge in [-0.3, -0.25) is 4.79 Å². The predicted octanol–water partition coefficient (Wildman–Crippen LogP) is 3.40. The fraction of sp³-hybridized carbons (Fsp3) is 0.278. The van der Waals surface area contributed by atoms with Crippen molar-refractivity contribution in [2.75, 3.05) is 13.3 Å². The van der Waals surface area contributed by atoms with Crippen molar-refractivity contribution in [3.63, 3.8) is 0 Å². The van der Waals surface area contributed by atoms with Crippen molar-refractivity contribution in [1.29, 1.82) is 0 Å². The number of carbonyl (C=O) groups is 1. The number of hydrogen-bond acceptors (Lipinski definition) is 4. The number of halogens is 3. The Balaban J connectivity index is 2.12. The van der Waals surface area contributed by atoms with Crippen LogP contribution in [0.3, 0.4) is 0 Å². The molecule has 2 aromatic rings. The molecule has 0 unspecified atom stereocenters. The highest BCUT2D eigenvalue weighted by atomic mass is 32.2. The average molecular weight is 401 g/mol. The normalized spacial score (nSPS) is 11.9. The first kappa shape index (κ1) is 20.8. The molecule has 0 saturated carbocycles. The number of para-hydroxylation sites is 1. The molecular weight excluding hydrogens is 383 g/mol. The van der Waals surface area contributed by atoms with Crippen LogP contribution in [0, 0.1) is 0 Å². The highest BCUT2D eigenvalue weighted by Crippen LogP contribution is 2.27. The van der Waals surface area contributed by atoms with Gasteiger partial charge in [-0.2, -0.15) is 0 Å². The van der Waals surface area contributed by atoms with Crippen LogP contribution in [0.2, 0.25) is 0 Å². The van der Waals surface area contributed by atoms with Crippen LogP contribution in [0.25, 0.3) is 0 Å². The maximum absolute atomic E-state index is 12.5. The van der Waals surface area contributed by atoms with E-state index in [0.29, 0.717) is 11.1 Å². The maximum Gasteiger partial charge on any atom is 0.573 e. The number of ether oxygens (including phenoxy) is 1. The van der Waals surface area contributed by atoms with E-state index in [9.17, 15) is 26.4 Å². The fourth-order valence-corrected chi connectivity index (χ4v) is 3.25. The van der Waals surface area contributed by atoms with E-state index in [1.54, 1.807) is 6.07 Å². The van der Waals surface area contributed by atoms with Crippen molar-refractivity contribution < 1.29 is 31.1 Å². The third-order valence-corrected chi connectivity index (χ3v) is 4.44. The average Bonchev–Trinajstić information content (AvgIpc) is 2.54. The molecule has 0 N–H and O–H groups in total. The van der Waals surface area contributed by atoms with Gasteiger partial charge >= 0.3 is 6.36 Å². The summed E-state index contributed by atoms with van der Waals surface area (Å²) in [4.78, 5) is 13.7. The molecule has 0 aliphatic heterocycles. The van der Waals surface area contributed by atoms with Crippen LogP contribution in [0.1, 0.15) is 21.5 Å². The van der Waals surface area contributed by atoms with E-state index in [0.717, 1.165) is 6.26 Å². The summed E-state index contributed by atoms with van der Waals surface area (Å²) in [7, 11) is -1.73. The van der Waals surface area contributed by atoms with Gasteiger partial charge in [0.1, 0.15) is 5.75 Å². The van der Waals surface area contributed by atoms with Crippen molar-refractivity contribution in [1.82, 2.24) is 4.90 Å². The van der Waals surface area contributed by atoms with Gasteiger partial charge in [-0.05, 0) is 23.8 Å². The molecule has 9 heteroatoms. The van der Waals surface area contributed by atoms with Gasteiger partial charge in [0.2, 0.25) is 0 Å². The van der Waals surface area contributed by atoms with Gasteiger partial charge in [0.25, 0.3) is 5.91 Å². The number of amides is 1. The molecule has 146 valence electrons. The number of hydrogen-bond donors (Lipinski definition) is 0. The molecule has 0 spiro atoms. The van der Waals surface area contributed by atoms with E-state index in [1.807, 2.05) is 0 Å². The zero-order valence-corrected chi connectivity index (χ0v) is 15.5. The molecule has 0 atom stereocenters. The molecule has 1 amide bonds. The van der Waals surface area contributed by atoms with Crippen LogP contribution < -0.4 is 4.74 Å². The van der Waals surface area contributed by atoms with Crippen LogP contribution in [-0.2, 0) is 22.1 Å². The first-order valence-corrected chi connectivity index (χ1v) is 9.86. The van der Waals surface area contributed by atoms with Gasteiger partial charge in [0, 0.05) is 31.0 Å². The summed E-state index contributed by atoms with van der Waals surface area (Å²) in [6.45, 7) is -0.0871. The second-order valence-corrected chi connectivity index (χ2v) is 8.22. The molecule has 2 aromatic carbocycles. The topological polar surface area (TPSA) is 63.7 Å².